The van der Waals surface area contributed by atoms with Gasteiger partial charge in [-0.3, -0.25) is 14.4 Å². The zero-order valence-corrected chi connectivity index (χ0v) is 22.9. The van der Waals surface area contributed by atoms with Crippen molar-refractivity contribution in [2.75, 3.05) is 0 Å². The zero-order chi connectivity index (χ0) is 27.0. The van der Waals surface area contributed by atoms with E-state index in [1.54, 1.807) is 6.92 Å². The van der Waals surface area contributed by atoms with Crippen molar-refractivity contribution in [3.8, 4) is 0 Å². The third-order valence-electron chi connectivity index (χ3n) is 8.40. The summed E-state index contributed by atoms with van der Waals surface area (Å²) in [5.41, 5.74) is -1.61. The molecule has 0 aromatic rings. The first-order valence-electron chi connectivity index (χ1n) is 13.3. The Balaban J connectivity index is 2.11. The lowest BCUT2D eigenvalue weighted by atomic mass is 9.59. The number of carbonyl (C=O) groups excluding carboxylic acids is 3. The normalized spacial score (nSPS) is 40.5. The molecule has 2 aliphatic heterocycles. The van der Waals surface area contributed by atoms with Crippen LogP contribution in [-0.4, -0.2) is 58.6 Å². The van der Waals surface area contributed by atoms with Crippen LogP contribution in [0.1, 0.15) is 87.0 Å². The van der Waals surface area contributed by atoms with Crippen molar-refractivity contribution < 1.29 is 38.4 Å². The van der Waals surface area contributed by atoms with Crippen LogP contribution < -0.4 is 0 Å². The molecule has 9 atom stereocenters. The average Bonchev–Trinajstić information content (AvgIpc) is 3.12. The predicted molar refractivity (Wildman–Crippen MR) is 133 cm³/mol. The Kier molecular flexibility index (Phi) is 8.61. The van der Waals surface area contributed by atoms with Gasteiger partial charge in [-0.05, 0) is 56.9 Å². The Morgan fingerprint density at radius 1 is 1.17 bits per heavy atom. The molecular formula is C28H44O8. The monoisotopic (exact) mass is 508 g/mol. The number of hydrogen-bond donors (Lipinski definition) is 1. The second-order valence-corrected chi connectivity index (χ2v) is 11.7. The molecule has 8 nitrogen and oxygen atoms in total. The molecule has 3 rings (SSSR count). The van der Waals surface area contributed by atoms with E-state index in [-0.39, 0.29) is 42.0 Å². The van der Waals surface area contributed by atoms with E-state index in [1.807, 2.05) is 13.8 Å². The van der Waals surface area contributed by atoms with Crippen LogP contribution in [0.25, 0.3) is 0 Å². The molecule has 1 saturated carbocycles. The summed E-state index contributed by atoms with van der Waals surface area (Å²) < 4.78 is 24.2. The first-order chi connectivity index (χ1) is 16.7. The molecule has 3 aliphatic rings. The van der Waals surface area contributed by atoms with Gasteiger partial charge in [0, 0.05) is 38.5 Å². The number of hydrogen-bond acceptors (Lipinski definition) is 8. The van der Waals surface area contributed by atoms with Crippen LogP contribution in [-0.2, 0) is 33.3 Å². The molecule has 1 aliphatic carbocycles. The largest absolute Gasteiger partial charge is 0.460 e. The molecule has 0 radical (unpaired) electrons. The SMILES string of the molecule is C=C1[C@H]2[C@@H]([C@@H](C(C)C)C[C@@H]1OC(C)=O)[C@H]1O[C@@H]2C[C@@](C)(O)[C@@H](OC(C)=O)CC[C@@]1(C)OC(=O)CCC. The maximum Gasteiger partial charge on any atom is 0.306 e. The molecule has 0 unspecified atom stereocenters. The highest BCUT2D eigenvalue weighted by molar-refractivity contribution is 5.70. The average molecular weight is 509 g/mol. The van der Waals surface area contributed by atoms with Crippen molar-refractivity contribution in [3.05, 3.63) is 12.2 Å². The van der Waals surface area contributed by atoms with Crippen molar-refractivity contribution in [1.82, 2.24) is 0 Å². The van der Waals surface area contributed by atoms with Gasteiger partial charge in [0.1, 0.15) is 29.5 Å². The van der Waals surface area contributed by atoms with E-state index in [0.717, 1.165) is 5.57 Å². The summed E-state index contributed by atoms with van der Waals surface area (Å²) in [6.07, 6.45) is 0.320. The fourth-order valence-electron chi connectivity index (χ4n) is 6.73. The van der Waals surface area contributed by atoms with Crippen molar-refractivity contribution >= 4 is 17.9 Å². The first-order valence-corrected chi connectivity index (χ1v) is 13.3. The van der Waals surface area contributed by atoms with Gasteiger partial charge in [0.25, 0.3) is 0 Å². The highest BCUT2D eigenvalue weighted by atomic mass is 16.6. The van der Waals surface area contributed by atoms with E-state index in [4.69, 9.17) is 18.9 Å². The summed E-state index contributed by atoms with van der Waals surface area (Å²) in [6, 6.07) is 0. The van der Waals surface area contributed by atoms with Crippen LogP contribution in [0.2, 0.25) is 0 Å². The summed E-state index contributed by atoms with van der Waals surface area (Å²) >= 11 is 0. The maximum absolute atomic E-state index is 12.8. The quantitative estimate of drug-likeness (QED) is 0.324. The Labute approximate surface area is 215 Å². The Bertz CT molecular complexity index is 864. The Hall–Kier alpha value is -1.93. The predicted octanol–water partition coefficient (Wildman–Crippen LogP) is 4.12. The molecular weight excluding hydrogens is 464 g/mol. The fourth-order valence-corrected chi connectivity index (χ4v) is 6.73. The van der Waals surface area contributed by atoms with Crippen LogP contribution in [0.15, 0.2) is 12.2 Å². The molecule has 2 bridgehead atoms. The summed E-state index contributed by atoms with van der Waals surface area (Å²) in [7, 11) is 0. The zero-order valence-electron chi connectivity index (χ0n) is 22.9. The molecule has 0 aromatic heterocycles. The number of fused-ring (bicyclic) bond motifs is 5. The molecule has 3 fully saturated rings. The van der Waals surface area contributed by atoms with E-state index in [9.17, 15) is 19.5 Å². The lowest BCUT2D eigenvalue weighted by Gasteiger charge is -2.47. The summed E-state index contributed by atoms with van der Waals surface area (Å²) in [5.74, 6) is -1.02. The van der Waals surface area contributed by atoms with Gasteiger partial charge in [-0.2, -0.15) is 0 Å². The van der Waals surface area contributed by atoms with Gasteiger partial charge < -0.3 is 24.1 Å². The van der Waals surface area contributed by atoms with Gasteiger partial charge in [0.15, 0.2) is 0 Å². The summed E-state index contributed by atoms with van der Waals surface area (Å²) in [6.45, 7) is 16.8. The number of esters is 3. The molecule has 0 spiro atoms. The van der Waals surface area contributed by atoms with Crippen LogP contribution in [0.4, 0.5) is 0 Å². The lowest BCUT2D eigenvalue weighted by Crippen LogP contribution is -2.54. The van der Waals surface area contributed by atoms with E-state index < -0.39 is 41.6 Å². The van der Waals surface area contributed by atoms with E-state index >= 15 is 0 Å². The molecule has 8 heteroatoms. The maximum atomic E-state index is 12.8. The Morgan fingerprint density at radius 3 is 2.36 bits per heavy atom. The van der Waals surface area contributed by atoms with E-state index in [1.165, 1.54) is 13.8 Å². The second kappa shape index (κ2) is 10.8. The Morgan fingerprint density at radius 2 is 1.81 bits per heavy atom. The van der Waals surface area contributed by atoms with Gasteiger partial charge in [0.05, 0.1) is 6.10 Å². The number of aliphatic hydroxyl groups is 1. The molecule has 204 valence electrons. The molecule has 2 heterocycles. The van der Waals surface area contributed by atoms with Crippen LogP contribution in [0.5, 0.6) is 0 Å². The van der Waals surface area contributed by atoms with Gasteiger partial charge in [0.2, 0.25) is 0 Å². The first kappa shape index (κ1) is 28.6. The highest BCUT2D eigenvalue weighted by Gasteiger charge is 2.62. The van der Waals surface area contributed by atoms with E-state index in [0.29, 0.717) is 32.1 Å². The highest BCUT2D eigenvalue weighted by Crippen LogP contribution is 2.56. The van der Waals surface area contributed by atoms with Gasteiger partial charge in [-0.25, -0.2) is 0 Å². The third kappa shape index (κ3) is 5.80. The number of ether oxygens (including phenoxy) is 4. The minimum absolute atomic E-state index is 0.0326. The molecule has 0 aromatic carbocycles. The molecule has 1 N–H and O–H groups in total. The van der Waals surface area contributed by atoms with Crippen LogP contribution >= 0.6 is 0 Å². The van der Waals surface area contributed by atoms with Gasteiger partial charge in [-0.15, -0.1) is 0 Å². The second-order valence-electron chi connectivity index (χ2n) is 11.7. The van der Waals surface area contributed by atoms with Crippen molar-refractivity contribution in [1.29, 1.82) is 0 Å². The number of carbonyl (C=O) groups is 3. The topological polar surface area (TPSA) is 108 Å². The van der Waals surface area contributed by atoms with E-state index in [2.05, 4.69) is 20.4 Å². The minimum atomic E-state index is -1.38. The molecule has 36 heavy (non-hydrogen) atoms. The summed E-state index contributed by atoms with van der Waals surface area (Å²) in [5, 5.41) is 11.6. The van der Waals surface area contributed by atoms with Gasteiger partial charge in [-0.1, -0.05) is 27.4 Å². The number of rotatable bonds is 6. The van der Waals surface area contributed by atoms with Crippen LogP contribution in [0, 0.1) is 23.7 Å². The standard InChI is InChI=1S/C28H44O8/c1-9-10-23(31)36-28(8)12-11-22(34-18(6)30)27(7,32)14-21-24-16(4)20(33-17(5)29)13-19(15(2)3)25(24)26(28)35-21/h15,19-22,24-26,32H,4,9-14H2,1-3,5-8H3/t19-,20+,21-,22+,24-,25-,26-,27-,28-/m1/s1. The smallest absolute Gasteiger partial charge is 0.306 e. The minimum Gasteiger partial charge on any atom is -0.460 e. The summed E-state index contributed by atoms with van der Waals surface area (Å²) in [4.78, 5) is 36.6. The molecule has 0 amide bonds. The third-order valence-corrected chi connectivity index (χ3v) is 8.40. The molecule has 2 saturated heterocycles. The van der Waals surface area contributed by atoms with Crippen molar-refractivity contribution in [3.63, 3.8) is 0 Å². The van der Waals surface area contributed by atoms with Gasteiger partial charge >= 0.3 is 17.9 Å². The van der Waals surface area contributed by atoms with Crippen LogP contribution in [0.3, 0.4) is 0 Å². The lowest BCUT2D eigenvalue weighted by molar-refractivity contribution is -0.183. The van der Waals surface area contributed by atoms with Crippen molar-refractivity contribution in [2.24, 2.45) is 23.7 Å². The fraction of sp³-hybridized carbons (Fsp3) is 0.821. The van der Waals surface area contributed by atoms with Crippen molar-refractivity contribution in [2.45, 2.75) is 123 Å².